The molecule has 13 N–H and O–H groups in total. The number of phosphoric acid groups is 3. The number of carboxylic acids is 2. The maximum absolute atomic E-state index is 12.7. The van der Waals surface area contributed by atoms with Crippen LogP contribution in [0.25, 0.3) is 11.2 Å². The highest BCUT2D eigenvalue weighted by atomic mass is 32.2. The molecule has 1 aliphatic heterocycles. The number of aliphatic hydroxyl groups is 3. The molecule has 2 aromatic heterocycles. The second kappa shape index (κ2) is 20.6. The van der Waals surface area contributed by atoms with Gasteiger partial charge in [0.2, 0.25) is 11.8 Å². The molecule has 2 aromatic rings. The number of hydrogen-bond donors (Lipinski definition) is 12. The number of thioether (sulfide) groups is 1. The van der Waals surface area contributed by atoms with Crippen molar-refractivity contribution in [3.05, 3.63) is 12.7 Å². The van der Waals surface area contributed by atoms with Crippen molar-refractivity contribution >= 4 is 81.1 Å². The lowest BCUT2D eigenvalue weighted by molar-refractivity contribution is -0.166. The Hall–Kier alpha value is -3.54. The Kier molecular flexibility index (Phi) is 17.4. The van der Waals surface area contributed by atoms with Gasteiger partial charge >= 0.3 is 35.4 Å². The molecule has 4 unspecified atom stereocenters. The second-order valence-corrected chi connectivity index (χ2v) is 18.8. The summed E-state index contributed by atoms with van der Waals surface area (Å²) in [6.07, 6.45) is -9.60. The number of amides is 2. The molecule has 3 heterocycles. The van der Waals surface area contributed by atoms with Crippen LogP contribution in [0.3, 0.4) is 0 Å². The van der Waals surface area contributed by atoms with Gasteiger partial charge in [0.1, 0.15) is 36.3 Å². The van der Waals surface area contributed by atoms with Gasteiger partial charge in [-0.15, -0.1) is 0 Å². The number of aliphatic hydroxyl groups excluding tert-OH is 2. The molecule has 29 nitrogen and oxygen atoms in total. The number of imidazole rings is 1. The highest BCUT2D eigenvalue weighted by Crippen LogP contribution is 2.61. The van der Waals surface area contributed by atoms with E-state index in [-0.39, 0.29) is 42.2 Å². The highest BCUT2D eigenvalue weighted by Gasteiger charge is 2.50. The summed E-state index contributed by atoms with van der Waals surface area (Å²) in [5.41, 5.74) is 1.29. The molecular formula is C27H42N7O22P3S. The van der Waals surface area contributed by atoms with E-state index in [0.29, 0.717) is 11.8 Å². The lowest BCUT2D eigenvalue weighted by Gasteiger charge is -2.30. The number of carboxylic acid groups (broad SMARTS) is 2. The van der Waals surface area contributed by atoms with Crippen molar-refractivity contribution < 1.29 is 105 Å². The van der Waals surface area contributed by atoms with Gasteiger partial charge in [-0.1, -0.05) is 25.6 Å². The molecule has 33 heteroatoms. The van der Waals surface area contributed by atoms with Crippen LogP contribution in [0, 0.1) is 5.41 Å². The fourth-order valence-electron chi connectivity index (χ4n) is 5.05. The van der Waals surface area contributed by atoms with Crippen LogP contribution >= 0.6 is 35.2 Å². The minimum atomic E-state index is -5.63. The number of carbonyl (C=O) groups is 5. The van der Waals surface area contributed by atoms with Crippen LogP contribution in [-0.2, 0) is 60.3 Å². The van der Waals surface area contributed by atoms with Gasteiger partial charge in [-0.3, -0.25) is 37.3 Å². The molecule has 0 saturated carbocycles. The number of rotatable bonds is 24. The average Bonchev–Trinajstić information content (AvgIpc) is 3.67. The van der Waals surface area contributed by atoms with Gasteiger partial charge in [0.15, 0.2) is 28.4 Å². The first-order valence-corrected chi connectivity index (χ1v) is 22.3. The molecular weight excluding hydrogens is 899 g/mol. The van der Waals surface area contributed by atoms with E-state index in [1.165, 1.54) is 13.8 Å². The first-order chi connectivity index (χ1) is 27.6. The molecule has 0 aromatic carbocycles. The quantitative estimate of drug-likeness (QED) is 0.0378. The third kappa shape index (κ3) is 14.8. The summed E-state index contributed by atoms with van der Waals surface area (Å²) in [7, 11) is -16.5. The lowest BCUT2D eigenvalue weighted by atomic mass is 9.87. The number of nitrogens with two attached hydrogens (primary N) is 1. The fraction of sp³-hybridized carbons (Fsp3) is 0.630. The number of aliphatic carboxylic acids is 2. The third-order valence-corrected chi connectivity index (χ3v) is 12.0. The molecule has 0 aliphatic carbocycles. The van der Waals surface area contributed by atoms with E-state index in [4.69, 9.17) is 29.7 Å². The van der Waals surface area contributed by atoms with Crippen molar-refractivity contribution in [2.45, 2.75) is 69.4 Å². The van der Waals surface area contributed by atoms with Gasteiger partial charge in [-0.05, 0) is 0 Å². The second-order valence-electron chi connectivity index (χ2n) is 13.4. The van der Waals surface area contributed by atoms with Crippen LogP contribution in [0.2, 0.25) is 0 Å². The number of carbonyl (C=O) groups excluding carboxylic acids is 3. The molecule has 1 fully saturated rings. The Balaban J connectivity index is 1.46. The van der Waals surface area contributed by atoms with E-state index < -0.39 is 120 Å². The summed E-state index contributed by atoms with van der Waals surface area (Å²) in [6.45, 7) is -0.246. The molecule has 0 spiro atoms. The maximum Gasteiger partial charge on any atom is 0.481 e. The van der Waals surface area contributed by atoms with Crippen molar-refractivity contribution in [3.63, 3.8) is 0 Å². The molecule has 338 valence electrons. The van der Waals surface area contributed by atoms with Gasteiger partial charge in [0, 0.05) is 30.7 Å². The Morgan fingerprint density at radius 1 is 1.00 bits per heavy atom. The summed E-state index contributed by atoms with van der Waals surface area (Å²) in [5.74, 6) is -5.42. The first kappa shape index (κ1) is 50.8. The van der Waals surface area contributed by atoms with Crippen molar-refractivity contribution in [2.75, 3.05) is 37.8 Å². The number of hydrogen-bond acceptors (Lipinski definition) is 21. The number of aromatic nitrogens is 4. The summed E-state index contributed by atoms with van der Waals surface area (Å²) in [4.78, 5) is 109. The standard InChI is InChI=1S/C27H42N7O22P3S/c1-26(2,20(40)23(41)30-4-3-14(35)29-5-6-60-16(38)8-27(44,25(42)43)7-15(36)37)10-53-59(50,51)56-58(48,49)52-9-13-19(55-57(45,46)47)18(39)24(54-13)34-12-33-17-21(28)31-11-32-22(17)34/h11-13,18-20,24,39-40,44H,3-10H2,1-2H3,(H,29,35)(H,30,41)(H,36,37)(H,42,43)(H,48,49)(H,50,51)(H2,28,31,32)(H2,45,46,47)/t13-,18-,19-,20?,24-,27?/m1/s1. The Bertz CT molecular complexity index is 2050. The van der Waals surface area contributed by atoms with E-state index in [0.717, 1.165) is 17.2 Å². The highest BCUT2D eigenvalue weighted by molar-refractivity contribution is 8.13. The van der Waals surface area contributed by atoms with Gasteiger partial charge in [-0.2, -0.15) is 4.31 Å². The number of nitrogens with zero attached hydrogens (tertiary/aromatic N) is 4. The molecule has 0 bridgehead atoms. The van der Waals surface area contributed by atoms with Crippen LogP contribution in [0.4, 0.5) is 5.82 Å². The summed E-state index contributed by atoms with van der Waals surface area (Å²) >= 11 is 0.525. The number of phosphoric ester groups is 3. The van der Waals surface area contributed by atoms with Crippen molar-refractivity contribution in [1.29, 1.82) is 0 Å². The normalized spacial score (nSPS) is 21.9. The number of nitrogen functional groups attached to an aromatic ring is 1. The zero-order valence-electron chi connectivity index (χ0n) is 31.1. The number of ether oxygens (including phenoxy) is 1. The molecule has 1 saturated heterocycles. The molecule has 60 heavy (non-hydrogen) atoms. The number of nitrogens with one attached hydrogen (secondary N) is 2. The SMILES string of the molecule is CC(C)(COP(=O)(O)OP(=O)(O)OC[C@H]1O[C@@H](n2cnc3c(N)ncnc32)[C@H](O)[C@@H]1OP(=O)(O)O)C(O)C(=O)NCCC(=O)NCCSC(=O)CC(O)(CC(=O)O)C(=O)O. The minimum absolute atomic E-state index is 0.00286. The van der Waals surface area contributed by atoms with Crippen molar-refractivity contribution in [2.24, 2.45) is 5.41 Å². The largest absolute Gasteiger partial charge is 0.481 e. The maximum atomic E-state index is 12.7. The van der Waals surface area contributed by atoms with Crippen LogP contribution in [0.1, 0.15) is 39.3 Å². The van der Waals surface area contributed by atoms with Gasteiger partial charge in [0.25, 0.3) is 0 Å². The lowest BCUT2D eigenvalue weighted by Crippen LogP contribution is -2.46. The van der Waals surface area contributed by atoms with E-state index in [9.17, 15) is 72.6 Å². The van der Waals surface area contributed by atoms with Crippen LogP contribution < -0.4 is 16.4 Å². The van der Waals surface area contributed by atoms with E-state index in [2.05, 4.69) is 34.4 Å². The monoisotopic (exact) mass is 941 g/mol. The molecule has 0 radical (unpaired) electrons. The predicted molar refractivity (Wildman–Crippen MR) is 197 cm³/mol. The predicted octanol–water partition coefficient (Wildman–Crippen LogP) is -2.65. The molecule has 3 rings (SSSR count). The zero-order chi connectivity index (χ0) is 45.4. The smallest absolute Gasteiger partial charge is 0.481 e. The summed E-state index contributed by atoms with van der Waals surface area (Å²) in [5, 5.41) is 52.9. The van der Waals surface area contributed by atoms with E-state index in [1.807, 2.05) is 0 Å². The third-order valence-electron chi connectivity index (χ3n) is 8.04. The van der Waals surface area contributed by atoms with Crippen molar-refractivity contribution in [1.82, 2.24) is 30.2 Å². The topological polar surface area (TPSA) is 458 Å². The Morgan fingerprint density at radius 2 is 1.65 bits per heavy atom. The van der Waals surface area contributed by atoms with Crippen molar-refractivity contribution in [3.8, 4) is 0 Å². The van der Waals surface area contributed by atoms with Gasteiger partial charge < -0.3 is 66.2 Å². The number of anilines is 1. The van der Waals surface area contributed by atoms with Gasteiger partial charge in [0.05, 0.1) is 32.4 Å². The number of fused-ring (bicyclic) bond motifs is 1. The fourth-order valence-corrected chi connectivity index (χ4v) is 8.65. The zero-order valence-corrected chi connectivity index (χ0v) is 34.6. The van der Waals surface area contributed by atoms with Gasteiger partial charge in [-0.25, -0.2) is 33.4 Å². The molecule has 2 amide bonds. The Labute approximate surface area is 341 Å². The summed E-state index contributed by atoms with van der Waals surface area (Å²) in [6, 6.07) is 0. The first-order valence-electron chi connectivity index (χ1n) is 16.8. The summed E-state index contributed by atoms with van der Waals surface area (Å²) < 4.78 is 61.9. The average molecular weight is 942 g/mol. The van der Waals surface area contributed by atoms with E-state index >= 15 is 0 Å². The van der Waals surface area contributed by atoms with Crippen LogP contribution in [0.5, 0.6) is 0 Å². The van der Waals surface area contributed by atoms with Crippen LogP contribution in [0.15, 0.2) is 12.7 Å². The van der Waals surface area contributed by atoms with E-state index in [1.54, 1.807) is 0 Å². The minimum Gasteiger partial charge on any atom is -0.481 e. The Morgan fingerprint density at radius 3 is 2.27 bits per heavy atom. The van der Waals surface area contributed by atoms with Crippen LogP contribution in [-0.4, -0.2) is 156 Å². The molecule has 1 aliphatic rings. The molecule has 8 atom stereocenters.